The zero-order valence-electron chi connectivity index (χ0n) is 17.1. The number of alkyl halides is 3. The van der Waals surface area contributed by atoms with Crippen LogP contribution in [0.4, 0.5) is 13.2 Å². The zero-order valence-corrected chi connectivity index (χ0v) is 17.1. The van der Waals surface area contributed by atoms with Gasteiger partial charge in [-0.3, -0.25) is 9.98 Å². The third-order valence-electron chi connectivity index (χ3n) is 4.23. The minimum atomic E-state index is -4.43. The van der Waals surface area contributed by atoms with Crippen LogP contribution in [0.15, 0.2) is 46.4 Å². The molecule has 0 amide bonds. The summed E-state index contributed by atoms with van der Waals surface area (Å²) >= 11 is 0. The monoisotopic (exact) mass is 410 g/mol. The number of hydrogen-bond donors (Lipinski definition) is 0. The Kier molecular flexibility index (Phi) is 6.87. The maximum atomic E-state index is 12.4. The van der Waals surface area contributed by atoms with Crippen molar-refractivity contribution in [2.75, 3.05) is 6.61 Å². The molecule has 1 aromatic heterocycles. The number of rotatable bonds is 5. The molecule has 0 saturated heterocycles. The van der Waals surface area contributed by atoms with Gasteiger partial charge in [-0.1, -0.05) is 26.8 Å². The van der Waals surface area contributed by atoms with Crippen LogP contribution in [0.5, 0.6) is 0 Å². The van der Waals surface area contributed by atoms with Crippen molar-refractivity contribution in [3.8, 4) is 0 Å². The van der Waals surface area contributed by atoms with Gasteiger partial charge in [0, 0.05) is 17.3 Å². The second kappa shape index (κ2) is 8.80. The first kappa shape index (κ1) is 22.6. The molecule has 1 unspecified atom stereocenters. The minimum absolute atomic E-state index is 0.0640. The predicted octanol–water partition coefficient (Wildman–Crippen LogP) is 5.14. The number of carbonyl (C=O) groups excluding carboxylic acids is 1. The van der Waals surface area contributed by atoms with Crippen LogP contribution in [-0.2, 0) is 14.9 Å². The van der Waals surface area contributed by atoms with Crippen LogP contribution in [-0.4, -0.2) is 36.1 Å². The van der Waals surface area contributed by atoms with Crippen molar-refractivity contribution in [1.82, 2.24) is 4.98 Å². The Bertz CT molecular complexity index is 832. The fourth-order valence-corrected chi connectivity index (χ4v) is 2.49. The molecule has 2 heterocycles. The molecule has 1 aromatic rings. The molecule has 8 heteroatoms. The van der Waals surface area contributed by atoms with Crippen molar-refractivity contribution in [1.29, 1.82) is 0 Å². The zero-order chi connectivity index (χ0) is 21.8. The maximum Gasteiger partial charge on any atom is 0.422 e. The summed E-state index contributed by atoms with van der Waals surface area (Å²) in [4.78, 5) is 20.8. The quantitative estimate of drug-likeness (QED) is 0.631. The van der Waals surface area contributed by atoms with E-state index in [1.54, 1.807) is 32.1 Å². The number of hydrogen-bond acceptors (Lipinski definition) is 5. The van der Waals surface area contributed by atoms with E-state index in [1.165, 1.54) is 12.4 Å². The van der Waals surface area contributed by atoms with Crippen molar-refractivity contribution < 1.29 is 27.4 Å². The van der Waals surface area contributed by atoms with E-state index in [-0.39, 0.29) is 11.2 Å². The molecule has 5 nitrogen and oxygen atoms in total. The number of esters is 1. The molecule has 0 aromatic carbocycles. The predicted molar refractivity (Wildman–Crippen MR) is 104 cm³/mol. The Labute approximate surface area is 168 Å². The Morgan fingerprint density at radius 3 is 2.48 bits per heavy atom. The number of ether oxygens (including phenoxy) is 2. The van der Waals surface area contributed by atoms with E-state index < -0.39 is 24.9 Å². The number of aliphatic imine (C=N–C) groups is 1. The van der Waals surface area contributed by atoms with Crippen LogP contribution in [0.2, 0.25) is 0 Å². The van der Waals surface area contributed by atoms with Gasteiger partial charge in [-0.2, -0.15) is 13.2 Å². The first-order chi connectivity index (χ1) is 13.4. The molecule has 0 saturated carbocycles. The maximum absolute atomic E-state index is 12.4. The molecule has 29 heavy (non-hydrogen) atoms. The topological polar surface area (TPSA) is 60.8 Å². The van der Waals surface area contributed by atoms with Gasteiger partial charge in [0.2, 0.25) is 0 Å². The van der Waals surface area contributed by atoms with E-state index in [2.05, 4.69) is 9.98 Å². The highest BCUT2D eigenvalue weighted by atomic mass is 19.4. The largest absolute Gasteiger partial charge is 0.483 e. The van der Waals surface area contributed by atoms with Crippen LogP contribution in [0.3, 0.4) is 0 Å². The van der Waals surface area contributed by atoms with Crippen LogP contribution in [0.25, 0.3) is 0 Å². The summed E-state index contributed by atoms with van der Waals surface area (Å²) in [6.45, 7) is 7.99. The third-order valence-corrected chi connectivity index (χ3v) is 4.23. The first-order valence-electron chi connectivity index (χ1n) is 9.18. The summed E-state index contributed by atoms with van der Waals surface area (Å²) in [6.07, 6.45) is -0.376. The van der Waals surface area contributed by atoms with E-state index in [0.717, 1.165) is 5.69 Å². The number of carbonyl (C=O) groups is 1. The van der Waals surface area contributed by atoms with Gasteiger partial charge in [0.15, 0.2) is 6.61 Å². The molecule has 1 aliphatic rings. The Hall–Kier alpha value is -2.64. The molecule has 0 N–H and O–H groups in total. The van der Waals surface area contributed by atoms with Crippen LogP contribution in [0.1, 0.15) is 57.1 Å². The molecular weight excluding hydrogens is 385 g/mol. The van der Waals surface area contributed by atoms with Gasteiger partial charge >= 0.3 is 12.1 Å². The molecule has 0 radical (unpaired) electrons. The summed E-state index contributed by atoms with van der Waals surface area (Å²) in [6, 6.07) is 3.43. The van der Waals surface area contributed by atoms with Gasteiger partial charge in [0.05, 0.1) is 17.5 Å². The summed E-state index contributed by atoms with van der Waals surface area (Å²) in [7, 11) is 0. The lowest BCUT2D eigenvalue weighted by atomic mass is 9.91. The van der Waals surface area contributed by atoms with Crippen molar-refractivity contribution in [2.45, 2.75) is 58.7 Å². The van der Waals surface area contributed by atoms with Gasteiger partial charge in [0.1, 0.15) is 11.9 Å². The third kappa shape index (κ3) is 6.73. The fourth-order valence-electron chi connectivity index (χ4n) is 2.49. The summed E-state index contributed by atoms with van der Waals surface area (Å²) in [5, 5.41) is 0. The van der Waals surface area contributed by atoms with Crippen molar-refractivity contribution in [2.24, 2.45) is 4.99 Å². The van der Waals surface area contributed by atoms with E-state index in [9.17, 15) is 18.0 Å². The molecule has 1 atom stereocenters. The van der Waals surface area contributed by atoms with E-state index >= 15 is 0 Å². The van der Waals surface area contributed by atoms with Crippen LogP contribution < -0.4 is 0 Å². The lowest BCUT2D eigenvalue weighted by Crippen LogP contribution is -2.18. The summed E-state index contributed by atoms with van der Waals surface area (Å²) in [5.41, 5.74) is 2.07. The Morgan fingerprint density at radius 1 is 1.24 bits per heavy atom. The van der Waals surface area contributed by atoms with Crippen LogP contribution >= 0.6 is 0 Å². The molecular formula is C21H25F3N2O3. The average Bonchev–Trinajstić information content (AvgIpc) is 2.80. The number of nitrogens with zero attached hydrogens (tertiary/aromatic N) is 2. The fraction of sp³-hybridized carbons (Fsp3) is 0.476. The van der Waals surface area contributed by atoms with Crippen LogP contribution in [0, 0.1) is 0 Å². The Morgan fingerprint density at radius 2 is 1.93 bits per heavy atom. The molecule has 0 bridgehead atoms. The first-order valence-corrected chi connectivity index (χ1v) is 9.18. The molecule has 2 rings (SSSR count). The van der Waals surface area contributed by atoms with E-state index in [1.807, 2.05) is 20.8 Å². The highest BCUT2D eigenvalue weighted by molar-refractivity contribution is 5.89. The lowest BCUT2D eigenvalue weighted by molar-refractivity contribution is -0.163. The van der Waals surface area contributed by atoms with Gasteiger partial charge < -0.3 is 9.47 Å². The smallest absolute Gasteiger partial charge is 0.422 e. The minimum Gasteiger partial charge on any atom is -0.483 e. The molecule has 158 valence electrons. The van der Waals surface area contributed by atoms with Crippen molar-refractivity contribution >= 4 is 12.2 Å². The van der Waals surface area contributed by atoms with E-state index in [4.69, 9.17) is 9.47 Å². The van der Waals surface area contributed by atoms with Gasteiger partial charge in [0.25, 0.3) is 0 Å². The average molecular weight is 410 g/mol. The van der Waals surface area contributed by atoms with Crippen molar-refractivity contribution in [3.63, 3.8) is 0 Å². The molecule has 1 aliphatic heterocycles. The normalized spacial score (nSPS) is 16.2. The number of allylic oxidation sites excluding steroid dienone is 3. The van der Waals surface area contributed by atoms with Gasteiger partial charge in [-0.15, -0.1) is 0 Å². The van der Waals surface area contributed by atoms with Gasteiger partial charge in [-0.05, 0) is 38.0 Å². The molecule has 0 aliphatic carbocycles. The second-order valence-electron chi connectivity index (χ2n) is 7.87. The van der Waals surface area contributed by atoms with E-state index in [0.29, 0.717) is 23.3 Å². The van der Waals surface area contributed by atoms with Crippen molar-refractivity contribution in [3.05, 3.63) is 52.7 Å². The standard InChI is InChI=1S/C21H25F3N2O3/c1-13-6-8-16(25-11-17(13)28-12-21(22,23)24)14(2)29-19(27)15-7-9-18(26-10-15)20(3,4)5/h7-11,14H,6,12H2,1-5H3. The summed E-state index contributed by atoms with van der Waals surface area (Å²) < 4.78 is 47.4. The Balaban J connectivity index is 2.02. The number of halogens is 3. The number of pyridine rings is 1. The highest BCUT2D eigenvalue weighted by Crippen LogP contribution is 2.23. The lowest BCUT2D eigenvalue weighted by Gasteiger charge is -2.18. The van der Waals surface area contributed by atoms with Gasteiger partial charge in [-0.25, -0.2) is 4.79 Å². The molecule has 0 spiro atoms. The second-order valence-corrected chi connectivity index (χ2v) is 7.87. The SMILES string of the molecule is CC1=C(OCC(F)(F)F)C=NC(C(C)OC(=O)c2ccc(C(C)(C)C)nc2)=CC1. The summed E-state index contributed by atoms with van der Waals surface area (Å²) in [5.74, 6) is -0.488. The highest BCUT2D eigenvalue weighted by Gasteiger charge is 2.29. The molecule has 0 fully saturated rings. The number of aromatic nitrogens is 1.